The van der Waals surface area contributed by atoms with E-state index in [9.17, 15) is 14.7 Å². The summed E-state index contributed by atoms with van der Waals surface area (Å²) >= 11 is 0. The summed E-state index contributed by atoms with van der Waals surface area (Å²) in [4.78, 5) is 24.1. The van der Waals surface area contributed by atoms with E-state index < -0.39 is 11.9 Å². The highest BCUT2D eigenvalue weighted by molar-refractivity contribution is 5.79. The van der Waals surface area contributed by atoms with Gasteiger partial charge < -0.3 is 19.6 Å². The molecule has 1 aliphatic heterocycles. The minimum absolute atomic E-state index is 0.0585. The van der Waals surface area contributed by atoms with Crippen LogP contribution in [0.25, 0.3) is 11.1 Å². The second-order valence-electron chi connectivity index (χ2n) is 6.21. The molecule has 2 aromatic carbocycles. The van der Waals surface area contributed by atoms with Crippen LogP contribution in [-0.4, -0.2) is 28.7 Å². The van der Waals surface area contributed by atoms with E-state index in [-0.39, 0.29) is 19.0 Å². The maximum Gasteiger partial charge on any atom is 0.420 e. The Kier molecular flexibility index (Phi) is 4.22. The van der Waals surface area contributed by atoms with Gasteiger partial charge in [0.05, 0.1) is 18.2 Å². The van der Waals surface area contributed by atoms with Gasteiger partial charge in [-0.05, 0) is 35.4 Å². The average Bonchev–Trinajstić information content (AvgIpc) is 3.23. The number of aliphatic hydroxyl groups excluding tert-OH is 1. The number of hydrogen-bond donors (Lipinski definition) is 2. The van der Waals surface area contributed by atoms with Gasteiger partial charge in [0.15, 0.2) is 5.58 Å². The topological polar surface area (TPSA) is 93.7 Å². The molecule has 1 amide bonds. The van der Waals surface area contributed by atoms with Crippen molar-refractivity contribution in [1.82, 2.24) is 9.88 Å². The van der Waals surface area contributed by atoms with Gasteiger partial charge >= 0.3 is 5.76 Å². The molecule has 26 heavy (non-hydrogen) atoms. The second-order valence-corrected chi connectivity index (χ2v) is 6.21. The lowest BCUT2D eigenvalue weighted by Gasteiger charge is -2.13. The lowest BCUT2D eigenvalue weighted by molar-refractivity contribution is -0.122. The van der Waals surface area contributed by atoms with Crippen LogP contribution in [0.15, 0.2) is 51.7 Å². The molecule has 0 bridgehead atoms. The van der Waals surface area contributed by atoms with Crippen molar-refractivity contribution in [1.29, 1.82) is 0 Å². The third-order valence-electron chi connectivity index (χ3n) is 4.47. The number of para-hydroxylation sites is 2. The summed E-state index contributed by atoms with van der Waals surface area (Å²) in [6, 6.07) is 12.4. The summed E-state index contributed by atoms with van der Waals surface area (Å²) in [5.41, 5.74) is 2.78. The number of ether oxygens (including phenoxy) is 1. The van der Waals surface area contributed by atoms with E-state index in [0.29, 0.717) is 17.7 Å². The molecule has 0 radical (unpaired) electrons. The highest BCUT2D eigenvalue weighted by Crippen LogP contribution is 2.28. The first-order chi connectivity index (χ1) is 12.6. The molecule has 1 aliphatic rings. The van der Waals surface area contributed by atoms with Gasteiger partial charge in [-0.2, -0.15) is 0 Å². The zero-order chi connectivity index (χ0) is 18.1. The molecule has 7 nitrogen and oxygen atoms in total. The van der Waals surface area contributed by atoms with Crippen molar-refractivity contribution < 1.29 is 19.1 Å². The highest BCUT2D eigenvalue weighted by Gasteiger charge is 2.17. The molecule has 0 saturated carbocycles. The predicted octanol–water partition coefficient (Wildman–Crippen LogP) is 1.38. The molecule has 0 fully saturated rings. The van der Waals surface area contributed by atoms with Crippen molar-refractivity contribution in [2.75, 3.05) is 13.2 Å². The molecule has 0 saturated heterocycles. The van der Waals surface area contributed by atoms with E-state index >= 15 is 0 Å². The summed E-state index contributed by atoms with van der Waals surface area (Å²) in [7, 11) is 0. The Morgan fingerprint density at radius 2 is 2.12 bits per heavy atom. The van der Waals surface area contributed by atoms with E-state index in [1.807, 2.05) is 12.1 Å². The van der Waals surface area contributed by atoms with Gasteiger partial charge in [0.25, 0.3) is 0 Å². The van der Waals surface area contributed by atoms with E-state index in [2.05, 4.69) is 5.32 Å². The van der Waals surface area contributed by atoms with Gasteiger partial charge in [-0.1, -0.05) is 18.2 Å². The van der Waals surface area contributed by atoms with E-state index in [1.165, 1.54) is 4.57 Å². The number of carbonyl (C=O) groups excluding carboxylic acids is 1. The van der Waals surface area contributed by atoms with Crippen LogP contribution in [0.5, 0.6) is 5.75 Å². The molecular formula is C19H18N2O5. The summed E-state index contributed by atoms with van der Waals surface area (Å²) in [6.45, 7) is 0.544. The Labute approximate surface area is 148 Å². The van der Waals surface area contributed by atoms with Crippen LogP contribution in [0.4, 0.5) is 0 Å². The SMILES string of the molecule is O=C(Cn1c(=O)oc2ccccc21)NC[C@@H](O)c1ccc2c(c1)CCO2. The number of aliphatic hydroxyl groups is 1. The molecule has 0 aliphatic carbocycles. The number of carbonyl (C=O) groups is 1. The van der Waals surface area contributed by atoms with E-state index in [0.717, 1.165) is 23.3 Å². The average molecular weight is 354 g/mol. The fourth-order valence-corrected chi connectivity index (χ4v) is 3.11. The standard InChI is InChI=1S/C19H18N2O5/c22-15(12-5-6-16-13(9-12)7-8-25-16)10-20-18(23)11-21-14-3-1-2-4-17(14)26-19(21)24/h1-6,9,15,22H,7-8,10-11H2,(H,20,23)/t15-/m1/s1. The molecule has 2 heterocycles. The normalized spacial score (nSPS) is 14.0. The number of oxazole rings is 1. The number of fused-ring (bicyclic) bond motifs is 2. The zero-order valence-corrected chi connectivity index (χ0v) is 14.0. The van der Waals surface area contributed by atoms with Gasteiger partial charge in [-0.3, -0.25) is 9.36 Å². The number of nitrogens with zero attached hydrogens (tertiary/aromatic N) is 1. The largest absolute Gasteiger partial charge is 0.493 e. The molecule has 0 spiro atoms. The molecule has 2 N–H and O–H groups in total. The Hall–Kier alpha value is -3.06. The fraction of sp³-hybridized carbons (Fsp3) is 0.263. The van der Waals surface area contributed by atoms with Gasteiger partial charge in [-0.25, -0.2) is 4.79 Å². The molecule has 4 rings (SSSR count). The number of aromatic nitrogens is 1. The second kappa shape index (κ2) is 6.68. The Morgan fingerprint density at radius 3 is 3.00 bits per heavy atom. The van der Waals surface area contributed by atoms with Gasteiger partial charge in [0.2, 0.25) is 5.91 Å². The summed E-state index contributed by atoms with van der Waals surface area (Å²) in [5, 5.41) is 13.0. The number of benzene rings is 2. The number of rotatable bonds is 5. The lowest BCUT2D eigenvalue weighted by atomic mass is 10.0. The smallest absolute Gasteiger partial charge is 0.420 e. The third kappa shape index (κ3) is 3.09. The maximum atomic E-state index is 12.2. The van der Waals surface area contributed by atoms with Gasteiger partial charge in [0, 0.05) is 13.0 Å². The quantitative estimate of drug-likeness (QED) is 0.722. The summed E-state index contributed by atoms with van der Waals surface area (Å²) in [6.07, 6.45) is -0.0127. The van der Waals surface area contributed by atoms with Crippen LogP contribution in [0.1, 0.15) is 17.2 Å². The number of amides is 1. The first-order valence-electron chi connectivity index (χ1n) is 8.40. The Morgan fingerprint density at radius 1 is 1.27 bits per heavy atom. The summed E-state index contributed by atoms with van der Waals surface area (Å²) in [5.74, 6) is -0.112. The zero-order valence-electron chi connectivity index (χ0n) is 14.0. The fourth-order valence-electron chi connectivity index (χ4n) is 3.11. The van der Waals surface area contributed by atoms with Crippen molar-refractivity contribution >= 4 is 17.0 Å². The first-order valence-corrected chi connectivity index (χ1v) is 8.40. The first kappa shape index (κ1) is 16.4. The molecule has 1 aromatic heterocycles. The minimum atomic E-state index is -0.831. The van der Waals surface area contributed by atoms with Crippen molar-refractivity contribution in [3.8, 4) is 5.75 Å². The van der Waals surface area contributed by atoms with Crippen molar-refractivity contribution in [2.24, 2.45) is 0 Å². The van der Waals surface area contributed by atoms with Crippen molar-refractivity contribution in [2.45, 2.75) is 19.1 Å². The van der Waals surface area contributed by atoms with Crippen LogP contribution in [0, 0.1) is 0 Å². The summed E-state index contributed by atoms with van der Waals surface area (Å²) < 4.78 is 11.8. The van der Waals surface area contributed by atoms with Gasteiger partial charge in [0.1, 0.15) is 12.3 Å². The molecular weight excluding hydrogens is 336 g/mol. The van der Waals surface area contributed by atoms with Crippen molar-refractivity contribution in [3.63, 3.8) is 0 Å². The Bertz CT molecular complexity index is 1020. The molecule has 0 unspecified atom stereocenters. The van der Waals surface area contributed by atoms with E-state index in [4.69, 9.17) is 9.15 Å². The van der Waals surface area contributed by atoms with Crippen LogP contribution in [-0.2, 0) is 17.8 Å². The van der Waals surface area contributed by atoms with Gasteiger partial charge in [-0.15, -0.1) is 0 Å². The number of hydrogen-bond acceptors (Lipinski definition) is 5. The molecule has 3 aromatic rings. The molecule has 7 heteroatoms. The number of nitrogens with one attached hydrogen (secondary N) is 1. The molecule has 134 valence electrons. The Balaban J connectivity index is 1.40. The van der Waals surface area contributed by atoms with E-state index in [1.54, 1.807) is 30.3 Å². The van der Waals surface area contributed by atoms with Crippen LogP contribution in [0.2, 0.25) is 0 Å². The van der Waals surface area contributed by atoms with Crippen LogP contribution < -0.4 is 15.8 Å². The highest BCUT2D eigenvalue weighted by atomic mass is 16.5. The monoisotopic (exact) mass is 354 g/mol. The minimum Gasteiger partial charge on any atom is -0.493 e. The van der Waals surface area contributed by atoms with Crippen molar-refractivity contribution in [3.05, 3.63) is 64.1 Å². The third-order valence-corrected chi connectivity index (χ3v) is 4.47. The molecule has 1 atom stereocenters. The van der Waals surface area contributed by atoms with Crippen LogP contribution in [0.3, 0.4) is 0 Å². The lowest BCUT2D eigenvalue weighted by Crippen LogP contribution is -2.33. The predicted molar refractivity (Wildman–Crippen MR) is 94.1 cm³/mol. The van der Waals surface area contributed by atoms with Crippen LogP contribution >= 0.6 is 0 Å². The maximum absolute atomic E-state index is 12.2.